The molecule has 0 unspecified atom stereocenters. The second-order valence-corrected chi connectivity index (χ2v) is 8.92. The molecule has 1 aromatic heterocycles. The highest BCUT2D eigenvalue weighted by Crippen LogP contribution is 2.17. The van der Waals surface area contributed by atoms with Crippen LogP contribution in [0.3, 0.4) is 0 Å². The summed E-state index contributed by atoms with van der Waals surface area (Å²) in [5, 5.41) is 3.33. The van der Waals surface area contributed by atoms with Crippen LogP contribution < -0.4 is 5.32 Å². The molecule has 0 bridgehead atoms. The fraction of sp³-hybridized carbons (Fsp3) is 0.190. The summed E-state index contributed by atoms with van der Waals surface area (Å²) >= 11 is 5.81. The number of nitrogens with one attached hydrogen (secondary N) is 1. The zero-order chi connectivity index (χ0) is 20.0. The van der Waals surface area contributed by atoms with Crippen molar-refractivity contribution in [2.24, 2.45) is 0 Å². The fourth-order valence-corrected chi connectivity index (χ4v) is 4.25. The van der Waals surface area contributed by atoms with Crippen LogP contribution in [-0.2, 0) is 27.8 Å². The maximum absolute atomic E-state index is 12.4. The summed E-state index contributed by atoms with van der Waals surface area (Å²) in [6, 6.07) is 19.5. The summed E-state index contributed by atoms with van der Waals surface area (Å²) < 4.78 is 30.2. The third kappa shape index (κ3) is 5.97. The van der Waals surface area contributed by atoms with Gasteiger partial charge in [0.05, 0.1) is 5.75 Å². The lowest BCUT2D eigenvalue weighted by atomic mass is 10.1. The van der Waals surface area contributed by atoms with Crippen molar-refractivity contribution in [1.82, 2.24) is 5.32 Å². The van der Waals surface area contributed by atoms with E-state index in [0.717, 1.165) is 5.56 Å². The number of furan rings is 1. The molecule has 1 heterocycles. The first kappa shape index (κ1) is 20.2. The molecule has 0 atom stereocenters. The molecule has 0 aliphatic carbocycles. The van der Waals surface area contributed by atoms with Gasteiger partial charge >= 0.3 is 0 Å². The largest absolute Gasteiger partial charge is 0.455 e. The molecule has 0 saturated heterocycles. The molecule has 7 heteroatoms. The van der Waals surface area contributed by atoms with Gasteiger partial charge in [-0.3, -0.25) is 4.79 Å². The first-order valence-corrected chi connectivity index (χ1v) is 11.0. The Morgan fingerprint density at radius 1 is 0.893 bits per heavy atom. The molecule has 2 aromatic carbocycles. The number of hydrogen-bond acceptors (Lipinski definition) is 4. The van der Waals surface area contributed by atoms with E-state index in [1.54, 1.807) is 24.3 Å². The Hall–Kier alpha value is -2.57. The number of halogens is 1. The Kier molecular flexibility index (Phi) is 6.54. The van der Waals surface area contributed by atoms with Gasteiger partial charge in [-0.15, -0.1) is 0 Å². The first-order valence-electron chi connectivity index (χ1n) is 8.77. The summed E-state index contributed by atoms with van der Waals surface area (Å²) in [5.74, 6) is -0.416. The average Bonchev–Trinajstić information content (AvgIpc) is 3.12. The van der Waals surface area contributed by atoms with Crippen molar-refractivity contribution in [3.8, 4) is 0 Å². The first-order chi connectivity index (χ1) is 13.4. The minimum Gasteiger partial charge on any atom is -0.455 e. The van der Waals surface area contributed by atoms with Gasteiger partial charge in [-0.25, -0.2) is 8.42 Å². The maximum atomic E-state index is 12.4. The quantitative estimate of drug-likeness (QED) is 0.600. The monoisotopic (exact) mass is 417 g/mol. The Morgan fingerprint density at radius 2 is 1.61 bits per heavy atom. The molecule has 0 aliphatic heterocycles. The Bertz CT molecular complexity index is 1030. The molecule has 28 heavy (non-hydrogen) atoms. The van der Waals surface area contributed by atoms with Gasteiger partial charge in [-0.1, -0.05) is 54.1 Å². The van der Waals surface area contributed by atoms with E-state index in [0.29, 0.717) is 23.6 Å². The van der Waals surface area contributed by atoms with E-state index >= 15 is 0 Å². The molecular formula is C21H20ClNO4S. The molecule has 0 spiro atoms. The summed E-state index contributed by atoms with van der Waals surface area (Å²) in [6.45, 7) is 0.466. The van der Waals surface area contributed by atoms with Crippen LogP contribution in [0.2, 0.25) is 5.02 Å². The van der Waals surface area contributed by atoms with Crippen molar-refractivity contribution in [3.05, 3.63) is 94.4 Å². The average molecular weight is 418 g/mol. The third-order valence-corrected chi connectivity index (χ3v) is 5.84. The fourth-order valence-electron chi connectivity index (χ4n) is 2.73. The predicted octanol–water partition coefficient (Wildman–Crippen LogP) is 4.02. The summed E-state index contributed by atoms with van der Waals surface area (Å²) in [6.07, 6.45) is 0.704. The molecule has 3 aromatic rings. The zero-order valence-corrected chi connectivity index (χ0v) is 16.7. The number of rotatable bonds is 8. The molecule has 0 fully saturated rings. The van der Waals surface area contributed by atoms with Crippen LogP contribution in [0.25, 0.3) is 0 Å². The normalized spacial score (nSPS) is 11.3. The predicted molar refractivity (Wildman–Crippen MR) is 109 cm³/mol. The standard InChI is InChI=1S/C21H20ClNO4S/c22-18-8-6-17(7-9-18)14-28(25,26)15-19-10-11-20(27-19)21(24)23-13-12-16-4-2-1-3-5-16/h1-11H,12-15H2,(H,23,24). The smallest absolute Gasteiger partial charge is 0.287 e. The van der Waals surface area contributed by atoms with Gasteiger partial charge in [0, 0.05) is 11.6 Å². The summed E-state index contributed by atoms with van der Waals surface area (Å²) in [5.41, 5.74) is 1.77. The molecule has 1 N–H and O–H groups in total. The van der Waals surface area contributed by atoms with Gasteiger partial charge < -0.3 is 9.73 Å². The van der Waals surface area contributed by atoms with Crippen LogP contribution in [0, 0.1) is 0 Å². The van der Waals surface area contributed by atoms with Crippen molar-refractivity contribution in [3.63, 3.8) is 0 Å². The molecule has 5 nitrogen and oxygen atoms in total. The van der Waals surface area contributed by atoms with E-state index in [9.17, 15) is 13.2 Å². The van der Waals surface area contributed by atoms with Crippen LogP contribution in [0.15, 0.2) is 71.1 Å². The minimum absolute atomic E-state index is 0.102. The third-order valence-electron chi connectivity index (χ3n) is 4.09. The van der Waals surface area contributed by atoms with Gasteiger partial charge in [0.25, 0.3) is 5.91 Å². The lowest BCUT2D eigenvalue weighted by molar-refractivity contribution is 0.0925. The topological polar surface area (TPSA) is 76.4 Å². The summed E-state index contributed by atoms with van der Waals surface area (Å²) in [7, 11) is -3.43. The van der Waals surface area contributed by atoms with E-state index in [2.05, 4.69) is 5.32 Å². The molecule has 0 aliphatic rings. The number of sulfone groups is 1. The number of carbonyl (C=O) groups excluding carboxylic acids is 1. The van der Waals surface area contributed by atoms with Crippen molar-refractivity contribution in [2.75, 3.05) is 6.54 Å². The molecule has 1 amide bonds. The van der Waals surface area contributed by atoms with Crippen LogP contribution in [0.1, 0.15) is 27.4 Å². The molecule has 0 radical (unpaired) electrons. The van der Waals surface area contributed by atoms with Gasteiger partial charge in [-0.05, 0) is 41.8 Å². The van der Waals surface area contributed by atoms with E-state index in [-0.39, 0.29) is 28.9 Å². The Labute approximate surface area is 169 Å². The van der Waals surface area contributed by atoms with Crippen molar-refractivity contribution >= 4 is 27.3 Å². The maximum Gasteiger partial charge on any atom is 0.287 e. The lowest BCUT2D eigenvalue weighted by Gasteiger charge is -2.04. The van der Waals surface area contributed by atoms with Gasteiger partial charge in [0.1, 0.15) is 11.5 Å². The van der Waals surface area contributed by atoms with E-state index in [1.165, 1.54) is 12.1 Å². The number of amides is 1. The van der Waals surface area contributed by atoms with Crippen LogP contribution in [0.4, 0.5) is 0 Å². The van der Waals surface area contributed by atoms with Crippen molar-refractivity contribution in [2.45, 2.75) is 17.9 Å². The Balaban J connectivity index is 1.53. The van der Waals surface area contributed by atoms with Gasteiger partial charge in [0.2, 0.25) is 0 Å². The molecule has 3 rings (SSSR count). The van der Waals surface area contributed by atoms with Gasteiger partial charge in [-0.2, -0.15) is 0 Å². The van der Waals surface area contributed by atoms with E-state index in [4.69, 9.17) is 16.0 Å². The van der Waals surface area contributed by atoms with Crippen LogP contribution in [0.5, 0.6) is 0 Å². The second kappa shape index (κ2) is 9.08. The van der Waals surface area contributed by atoms with Crippen LogP contribution >= 0.6 is 11.6 Å². The Morgan fingerprint density at radius 3 is 2.32 bits per heavy atom. The lowest BCUT2D eigenvalue weighted by Crippen LogP contribution is -2.25. The van der Waals surface area contributed by atoms with Crippen molar-refractivity contribution < 1.29 is 17.6 Å². The summed E-state index contributed by atoms with van der Waals surface area (Å²) in [4.78, 5) is 12.2. The zero-order valence-electron chi connectivity index (χ0n) is 15.1. The van der Waals surface area contributed by atoms with E-state index in [1.807, 2.05) is 30.3 Å². The molecular weight excluding hydrogens is 398 g/mol. The second-order valence-electron chi connectivity index (χ2n) is 6.42. The van der Waals surface area contributed by atoms with Crippen LogP contribution in [-0.4, -0.2) is 20.9 Å². The molecule has 146 valence electrons. The number of hydrogen-bond donors (Lipinski definition) is 1. The number of carbonyl (C=O) groups is 1. The minimum atomic E-state index is -3.43. The SMILES string of the molecule is O=C(NCCc1ccccc1)c1ccc(CS(=O)(=O)Cc2ccc(Cl)cc2)o1. The van der Waals surface area contributed by atoms with Crippen molar-refractivity contribution in [1.29, 1.82) is 0 Å². The highest BCUT2D eigenvalue weighted by molar-refractivity contribution is 7.89. The highest BCUT2D eigenvalue weighted by atomic mass is 35.5. The number of benzene rings is 2. The highest BCUT2D eigenvalue weighted by Gasteiger charge is 2.18. The molecule has 0 saturated carbocycles. The van der Waals surface area contributed by atoms with Gasteiger partial charge in [0.15, 0.2) is 15.6 Å². The van der Waals surface area contributed by atoms with E-state index < -0.39 is 9.84 Å².